The number of hydrogen-bond donors (Lipinski definition) is 0. The van der Waals surface area contributed by atoms with E-state index in [4.69, 9.17) is 16.7 Å². The maximum atomic E-state index is 12.9. The third-order valence-corrected chi connectivity index (χ3v) is 5.62. The third kappa shape index (κ3) is 3.07. The summed E-state index contributed by atoms with van der Waals surface area (Å²) in [4.78, 5) is 29.9. The number of benzene rings is 1. The van der Waals surface area contributed by atoms with Crippen molar-refractivity contribution < 1.29 is 0 Å². The van der Waals surface area contributed by atoms with Crippen molar-refractivity contribution in [2.24, 2.45) is 24.6 Å². The second kappa shape index (κ2) is 6.59. The maximum absolute atomic E-state index is 12.9. The lowest BCUT2D eigenvalue weighted by Gasteiger charge is -2.31. The summed E-state index contributed by atoms with van der Waals surface area (Å²) in [6, 6.07) is 7.56. The monoisotopic (exact) mass is 414 g/mol. The molecule has 152 valence electrons. The van der Waals surface area contributed by atoms with E-state index in [9.17, 15) is 9.59 Å². The number of hydrazone groups is 1. The van der Waals surface area contributed by atoms with E-state index in [0.717, 1.165) is 15.8 Å². The normalized spacial score (nSPS) is 14.3. The number of hydrogen-bond acceptors (Lipinski definition) is 5. The summed E-state index contributed by atoms with van der Waals surface area (Å²) >= 11 is 6.37. The number of rotatable bonds is 2. The summed E-state index contributed by atoms with van der Waals surface area (Å²) < 4.78 is 4.35. The minimum Gasteiger partial charge on any atom is -0.297 e. The van der Waals surface area contributed by atoms with Crippen LogP contribution >= 0.6 is 11.6 Å². The number of fused-ring (bicyclic) bond motifs is 3. The number of aryl methyl sites for hydroxylation is 1. The molecule has 29 heavy (non-hydrogen) atoms. The number of nitrogens with zero attached hydrogens (tertiary/aromatic N) is 6. The molecule has 8 nitrogen and oxygen atoms in total. The largest absolute Gasteiger partial charge is 0.332 e. The topological polar surface area (TPSA) is 77.4 Å². The lowest BCUT2D eigenvalue weighted by molar-refractivity contribution is 0.549. The van der Waals surface area contributed by atoms with E-state index >= 15 is 0 Å². The molecule has 0 bridgehead atoms. The fourth-order valence-corrected chi connectivity index (χ4v) is 3.63. The zero-order valence-corrected chi connectivity index (χ0v) is 17.9. The van der Waals surface area contributed by atoms with E-state index in [0.29, 0.717) is 35.2 Å². The van der Waals surface area contributed by atoms with E-state index in [1.54, 1.807) is 12.1 Å². The molecule has 3 aromatic rings. The summed E-state index contributed by atoms with van der Waals surface area (Å²) in [5, 5.41) is 7.24. The van der Waals surface area contributed by atoms with Gasteiger partial charge in [0.15, 0.2) is 11.2 Å². The van der Waals surface area contributed by atoms with E-state index in [2.05, 4.69) is 25.8 Å². The minimum absolute atomic E-state index is 0.209. The van der Waals surface area contributed by atoms with Gasteiger partial charge in [-0.25, -0.2) is 9.80 Å². The highest BCUT2D eigenvalue weighted by Crippen LogP contribution is 2.31. The van der Waals surface area contributed by atoms with Gasteiger partial charge in [0, 0.05) is 24.5 Å². The van der Waals surface area contributed by atoms with Crippen molar-refractivity contribution in [1.82, 2.24) is 18.7 Å². The molecule has 1 aliphatic rings. The average Bonchev–Trinajstić information content (AvgIpc) is 3.06. The van der Waals surface area contributed by atoms with Crippen LogP contribution in [0.15, 0.2) is 39.0 Å². The van der Waals surface area contributed by atoms with Crippen molar-refractivity contribution in [1.29, 1.82) is 0 Å². The van der Waals surface area contributed by atoms with E-state index in [-0.39, 0.29) is 11.0 Å². The minimum atomic E-state index is -0.410. The summed E-state index contributed by atoms with van der Waals surface area (Å²) in [5.74, 6) is 0.520. The molecule has 0 saturated carbocycles. The van der Waals surface area contributed by atoms with Crippen molar-refractivity contribution in [2.75, 3.05) is 5.01 Å². The molecule has 0 atom stereocenters. The second-order valence-corrected chi connectivity index (χ2v) is 8.73. The standard InChI is InChI=1S/C20H23ClN6O2/c1-20(2,3)14-11-26-15-16(24(4)19(29)25(5)17(15)28)22-18(26)27(23-14)10-12-8-6-7-9-13(12)21/h6-9H,10-11H2,1-5H3. The molecular formula is C20H23ClN6O2. The Morgan fingerprint density at radius 2 is 1.79 bits per heavy atom. The molecule has 0 saturated heterocycles. The molecule has 0 fully saturated rings. The van der Waals surface area contributed by atoms with Crippen molar-refractivity contribution >= 4 is 34.4 Å². The highest BCUT2D eigenvalue weighted by atomic mass is 35.5. The molecule has 1 aliphatic heterocycles. The van der Waals surface area contributed by atoms with Crippen LogP contribution in [0.3, 0.4) is 0 Å². The van der Waals surface area contributed by atoms with Gasteiger partial charge in [-0.15, -0.1) is 0 Å². The molecule has 0 radical (unpaired) electrons. The van der Waals surface area contributed by atoms with Gasteiger partial charge in [0.1, 0.15) is 0 Å². The second-order valence-electron chi connectivity index (χ2n) is 8.32. The zero-order valence-electron chi connectivity index (χ0n) is 17.1. The number of anilines is 1. The lowest BCUT2D eigenvalue weighted by atomic mass is 9.89. The Labute approximate surface area is 172 Å². The molecule has 2 aromatic heterocycles. The fraction of sp³-hybridized carbons (Fsp3) is 0.400. The lowest BCUT2D eigenvalue weighted by Crippen LogP contribution is -2.39. The van der Waals surface area contributed by atoms with Gasteiger partial charge in [-0.05, 0) is 11.6 Å². The van der Waals surface area contributed by atoms with Crippen molar-refractivity contribution in [3.8, 4) is 0 Å². The molecule has 4 rings (SSSR count). The molecule has 9 heteroatoms. The van der Waals surface area contributed by atoms with Gasteiger partial charge in [0.2, 0.25) is 5.95 Å². The smallest absolute Gasteiger partial charge is 0.297 e. The van der Waals surface area contributed by atoms with Crippen LogP contribution in [0.4, 0.5) is 5.95 Å². The fourth-order valence-electron chi connectivity index (χ4n) is 3.43. The third-order valence-electron chi connectivity index (χ3n) is 5.25. The van der Waals surface area contributed by atoms with Crippen molar-refractivity contribution in [2.45, 2.75) is 33.9 Å². The molecule has 0 spiro atoms. The van der Waals surface area contributed by atoms with Crippen LogP contribution in [0, 0.1) is 5.41 Å². The van der Waals surface area contributed by atoms with Gasteiger partial charge in [0.05, 0.1) is 18.8 Å². The first-order valence-electron chi connectivity index (χ1n) is 9.34. The summed E-state index contributed by atoms with van der Waals surface area (Å²) in [7, 11) is 3.10. The SMILES string of the molecule is Cn1c(=O)c2c(nc3n2CC(C(C)(C)C)=NN3Cc2ccccc2Cl)n(C)c1=O. The first-order valence-corrected chi connectivity index (χ1v) is 9.72. The van der Waals surface area contributed by atoms with E-state index in [1.807, 2.05) is 28.8 Å². The predicted octanol–water partition coefficient (Wildman–Crippen LogP) is 2.51. The molecule has 0 aliphatic carbocycles. The quantitative estimate of drug-likeness (QED) is 0.645. The maximum Gasteiger partial charge on any atom is 0.332 e. The van der Waals surface area contributed by atoms with Crippen LogP contribution in [0.2, 0.25) is 5.02 Å². The number of aromatic nitrogens is 4. The zero-order chi connectivity index (χ0) is 21.1. The van der Waals surface area contributed by atoms with Gasteiger partial charge in [0.25, 0.3) is 5.56 Å². The highest BCUT2D eigenvalue weighted by molar-refractivity contribution is 6.31. The van der Waals surface area contributed by atoms with Crippen LogP contribution < -0.4 is 16.3 Å². The molecule has 0 unspecified atom stereocenters. The highest BCUT2D eigenvalue weighted by Gasteiger charge is 2.31. The van der Waals surface area contributed by atoms with Gasteiger partial charge < -0.3 is 0 Å². The molecule has 0 N–H and O–H groups in total. The van der Waals surface area contributed by atoms with Gasteiger partial charge in [-0.1, -0.05) is 50.6 Å². The summed E-state index contributed by atoms with van der Waals surface area (Å²) in [6.45, 7) is 7.07. The van der Waals surface area contributed by atoms with Crippen LogP contribution in [-0.2, 0) is 27.2 Å². The Morgan fingerprint density at radius 1 is 1.10 bits per heavy atom. The van der Waals surface area contributed by atoms with Crippen LogP contribution in [-0.4, -0.2) is 24.4 Å². The van der Waals surface area contributed by atoms with E-state index < -0.39 is 5.69 Å². The Kier molecular flexibility index (Phi) is 4.42. The average molecular weight is 415 g/mol. The van der Waals surface area contributed by atoms with E-state index in [1.165, 1.54) is 11.6 Å². The summed E-state index contributed by atoms with van der Waals surface area (Å²) in [6.07, 6.45) is 0. The first kappa shape index (κ1) is 19.4. The van der Waals surface area contributed by atoms with Crippen molar-refractivity contribution in [3.63, 3.8) is 0 Å². The Hall–Kier alpha value is -2.87. The van der Waals surface area contributed by atoms with Crippen LogP contribution in [0.25, 0.3) is 11.2 Å². The number of halogens is 1. The first-order chi connectivity index (χ1) is 13.6. The molecule has 1 aromatic carbocycles. The molecule has 3 heterocycles. The molecular weight excluding hydrogens is 392 g/mol. The van der Waals surface area contributed by atoms with Crippen LogP contribution in [0.5, 0.6) is 0 Å². The van der Waals surface area contributed by atoms with Crippen molar-refractivity contribution in [3.05, 3.63) is 55.7 Å². The molecule has 0 amide bonds. The van der Waals surface area contributed by atoms with Gasteiger partial charge >= 0.3 is 5.69 Å². The predicted molar refractivity (Wildman–Crippen MR) is 115 cm³/mol. The number of imidazole rings is 1. The van der Waals surface area contributed by atoms with Crippen LogP contribution in [0.1, 0.15) is 26.3 Å². The summed E-state index contributed by atoms with van der Waals surface area (Å²) in [5.41, 5.74) is 1.56. The Morgan fingerprint density at radius 3 is 2.45 bits per heavy atom. The Bertz CT molecular complexity index is 1280. The van der Waals surface area contributed by atoms with Gasteiger partial charge in [-0.2, -0.15) is 10.1 Å². The van der Waals surface area contributed by atoms with Gasteiger partial charge in [-0.3, -0.25) is 18.5 Å². The Balaban J connectivity index is 1.98.